The van der Waals surface area contributed by atoms with Crippen LogP contribution in [0.2, 0.25) is 5.02 Å². The highest BCUT2D eigenvalue weighted by molar-refractivity contribution is 6.30. The van der Waals surface area contributed by atoms with Crippen LogP contribution in [0.5, 0.6) is 0 Å². The molecule has 0 spiro atoms. The molecule has 0 bridgehead atoms. The molecule has 5 heteroatoms. The standard InChI is InChI=1S/C13H15ClN4/c14-10-5-2-6-11(7-10)18-13(9-3-1-4-9)12(8-15)16-17-18/h2,5-7,9H,1,3-4,8,15H2. The summed E-state index contributed by atoms with van der Waals surface area (Å²) < 4.78 is 1.89. The second-order valence-electron chi connectivity index (χ2n) is 4.65. The van der Waals surface area contributed by atoms with Crippen LogP contribution in [-0.4, -0.2) is 15.0 Å². The molecular formula is C13H15ClN4. The number of hydrogen-bond donors (Lipinski definition) is 1. The maximum Gasteiger partial charge on any atom is 0.100 e. The molecule has 4 nitrogen and oxygen atoms in total. The lowest BCUT2D eigenvalue weighted by atomic mass is 9.82. The fourth-order valence-corrected chi connectivity index (χ4v) is 2.54. The van der Waals surface area contributed by atoms with Crippen LogP contribution < -0.4 is 5.73 Å². The van der Waals surface area contributed by atoms with E-state index >= 15 is 0 Å². The first kappa shape index (κ1) is 11.7. The molecule has 18 heavy (non-hydrogen) atoms. The fourth-order valence-electron chi connectivity index (χ4n) is 2.35. The number of aromatic nitrogens is 3. The molecule has 0 aliphatic heterocycles. The summed E-state index contributed by atoms with van der Waals surface area (Å²) in [6, 6.07) is 7.67. The number of hydrogen-bond acceptors (Lipinski definition) is 3. The molecule has 1 heterocycles. The Kier molecular flexibility index (Phi) is 3.06. The lowest BCUT2D eigenvalue weighted by Crippen LogP contribution is -2.17. The summed E-state index contributed by atoms with van der Waals surface area (Å²) >= 11 is 6.03. The molecule has 0 amide bonds. The average Bonchev–Trinajstić information content (AvgIpc) is 2.70. The number of nitrogens with zero attached hydrogens (tertiary/aromatic N) is 3. The zero-order valence-corrected chi connectivity index (χ0v) is 10.8. The van der Waals surface area contributed by atoms with Crippen LogP contribution in [0.4, 0.5) is 0 Å². The molecule has 1 aliphatic rings. The molecule has 0 atom stereocenters. The van der Waals surface area contributed by atoms with Gasteiger partial charge in [-0.15, -0.1) is 5.10 Å². The Morgan fingerprint density at radius 3 is 2.83 bits per heavy atom. The molecule has 94 valence electrons. The predicted octanol–water partition coefficient (Wildman–Crippen LogP) is 2.65. The molecule has 1 aromatic carbocycles. The third-order valence-corrected chi connectivity index (χ3v) is 3.75. The Labute approximate surface area is 111 Å². The molecule has 3 rings (SSSR count). The molecule has 2 aromatic rings. The van der Waals surface area contributed by atoms with Gasteiger partial charge in [0.2, 0.25) is 0 Å². The smallest absolute Gasteiger partial charge is 0.100 e. The van der Waals surface area contributed by atoms with E-state index in [1.165, 1.54) is 19.3 Å². The first-order valence-electron chi connectivity index (χ1n) is 6.20. The summed E-state index contributed by atoms with van der Waals surface area (Å²) in [5, 5.41) is 9.12. The van der Waals surface area contributed by atoms with Crippen molar-refractivity contribution in [3.8, 4) is 5.69 Å². The lowest BCUT2D eigenvalue weighted by Gasteiger charge is -2.26. The first-order valence-corrected chi connectivity index (χ1v) is 6.58. The summed E-state index contributed by atoms with van der Waals surface area (Å²) in [7, 11) is 0. The lowest BCUT2D eigenvalue weighted by molar-refractivity contribution is 0.401. The van der Waals surface area contributed by atoms with Crippen molar-refractivity contribution < 1.29 is 0 Å². The zero-order valence-electron chi connectivity index (χ0n) is 10.0. The summed E-state index contributed by atoms with van der Waals surface area (Å²) in [5.41, 5.74) is 8.76. The Bertz CT molecular complexity index is 560. The molecule has 0 saturated heterocycles. The minimum absolute atomic E-state index is 0.437. The molecule has 0 unspecified atom stereocenters. The van der Waals surface area contributed by atoms with Gasteiger partial charge in [-0.3, -0.25) is 0 Å². The summed E-state index contributed by atoms with van der Waals surface area (Å²) in [5.74, 6) is 0.539. The van der Waals surface area contributed by atoms with Gasteiger partial charge in [0.15, 0.2) is 0 Å². The summed E-state index contributed by atoms with van der Waals surface area (Å²) in [4.78, 5) is 0. The minimum Gasteiger partial charge on any atom is -0.325 e. The van der Waals surface area contributed by atoms with Gasteiger partial charge in [0.1, 0.15) is 5.69 Å². The van der Waals surface area contributed by atoms with Crippen molar-refractivity contribution in [2.75, 3.05) is 0 Å². The molecule has 1 aliphatic carbocycles. The van der Waals surface area contributed by atoms with Crippen LogP contribution in [0.1, 0.15) is 36.6 Å². The van der Waals surface area contributed by atoms with Crippen molar-refractivity contribution in [2.45, 2.75) is 31.7 Å². The van der Waals surface area contributed by atoms with Gasteiger partial charge < -0.3 is 5.73 Å². The molecule has 1 aromatic heterocycles. The van der Waals surface area contributed by atoms with Crippen LogP contribution >= 0.6 is 11.6 Å². The Morgan fingerprint density at radius 2 is 2.22 bits per heavy atom. The Morgan fingerprint density at radius 1 is 1.39 bits per heavy atom. The molecule has 1 fully saturated rings. The molecule has 1 saturated carbocycles. The van der Waals surface area contributed by atoms with E-state index in [-0.39, 0.29) is 0 Å². The van der Waals surface area contributed by atoms with E-state index in [1.807, 2.05) is 28.9 Å². The van der Waals surface area contributed by atoms with Crippen molar-refractivity contribution in [1.82, 2.24) is 15.0 Å². The Balaban J connectivity index is 2.08. The third-order valence-electron chi connectivity index (χ3n) is 3.52. The van der Waals surface area contributed by atoms with Crippen molar-refractivity contribution in [3.05, 3.63) is 40.7 Å². The predicted molar refractivity (Wildman–Crippen MR) is 70.9 cm³/mol. The monoisotopic (exact) mass is 262 g/mol. The topological polar surface area (TPSA) is 56.7 Å². The van der Waals surface area contributed by atoms with E-state index < -0.39 is 0 Å². The maximum absolute atomic E-state index is 6.03. The van der Waals surface area contributed by atoms with Gasteiger partial charge in [0, 0.05) is 17.5 Å². The van der Waals surface area contributed by atoms with Gasteiger partial charge in [0.25, 0.3) is 0 Å². The van der Waals surface area contributed by atoms with E-state index in [1.54, 1.807) is 0 Å². The number of benzene rings is 1. The van der Waals surface area contributed by atoms with Gasteiger partial charge >= 0.3 is 0 Å². The number of rotatable bonds is 3. The van der Waals surface area contributed by atoms with E-state index in [4.69, 9.17) is 17.3 Å². The summed E-state index contributed by atoms with van der Waals surface area (Å²) in [6.07, 6.45) is 3.66. The highest BCUT2D eigenvalue weighted by Gasteiger charge is 2.27. The Hall–Kier alpha value is -1.39. The largest absolute Gasteiger partial charge is 0.325 e. The second kappa shape index (κ2) is 4.71. The van der Waals surface area contributed by atoms with Crippen LogP contribution in [0, 0.1) is 0 Å². The van der Waals surface area contributed by atoms with E-state index in [2.05, 4.69) is 10.3 Å². The second-order valence-corrected chi connectivity index (χ2v) is 5.08. The van der Waals surface area contributed by atoms with Crippen LogP contribution in [0.25, 0.3) is 5.69 Å². The van der Waals surface area contributed by atoms with Crippen LogP contribution in [0.3, 0.4) is 0 Å². The van der Waals surface area contributed by atoms with Gasteiger partial charge in [0.05, 0.1) is 11.4 Å². The highest BCUT2D eigenvalue weighted by atomic mass is 35.5. The van der Waals surface area contributed by atoms with E-state index in [0.717, 1.165) is 17.1 Å². The third kappa shape index (κ3) is 1.91. The maximum atomic E-state index is 6.03. The highest BCUT2D eigenvalue weighted by Crippen LogP contribution is 2.38. The molecule has 0 radical (unpaired) electrons. The molecule has 2 N–H and O–H groups in total. The van der Waals surface area contributed by atoms with Crippen molar-refractivity contribution in [2.24, 2.45) is 5.73 Å². The number of nitrogens with two attached hydrogens (primary N) is 1. The summed E-state index contributed by atoms with van der Waals surface area (Å²) in [6.45, 7) is 0.437. The SMILES string of the molecule is NCc1nnn(-c2cccc(Cl)c2)c1C1CCC1. The van der Waals surface area contributed by atoms with Gasteiger partial charge in [-0.1, -0.05) is 29.3 Å². The average molecular weight is 263 g/mol. The zero-order chi connectivity index (χ0) is 12.5. The van der Waals surface area contributed by atoms with E-state index in [0.29, 0.717) is 17.5 Å². The molecular weight excluding hydrogens is 248 g/mol. The minimum atomic E-state index is 0.437. The first-order chi connectivity index (χ1) is 8.79. The van der Waals surface area contributed by atoms with Crippen molar-refractivity contribution >= 4 is 11.6 Å². The van der Waals surface area contributed by atoms with Gasteiger partial charge in [-0.05, 0) is 31.0 Å². The van der Waals surface area contributed by atoms with Crippen molar-refractivity contribution in [1.29, 1.82) is 0 Å². The van der Waals surface area contributed by atoms with Gasteiger partial charge in [-0.25, -0.2) is 4.68 Å². The quantitative estimate of drug-likeness (QED) is 0.925. The van der Waals surface area contributed by atoms with Crippen molar-refractivity contribution in [3.63, 3.8) is 0 Å². The normalized spacial score (nSPS) is 15.7. The van der Waals surface area contributed by atoms with Crippen LogP contribution in [0.15, 0.2) is 24.3 Å². The number of halogens is 1. The van der Waals surface area contributed by atoms with Crippen LogP contribution in [-0.2, 0) is 6.54 Å². The fraction of sp³-hybridized carbons (Fsp3) is 0.385. The van der Waals surface area contributed by atoms with Gasteiger partial charge in [-0.2, -0.15) is 0 Å². The van der Waals surface area contributed by atoms with E-state index in [9.17, 15) is 0 Å².